The Morgan fingerprint density at radius 2 is 2.05 bits per heavy atom. The first kappa shape index (κ1) is 15.5. The fourth-order valence-electron chi connectivity index (χ4n) is 1.41. The van der Waals surface area contributed by atoms with Crippen LogP contribution in [0.25, 0.3) is 0 Å². The molecule has 8 heteroatoms. The van der Waals surface area contributed by atoms with Gasteiger partial charge in [-0.3, -0.25) is 0 Å². The molecule has 1 rings (SSSR count). The van der Waals surface area contributed by atoms with Gasteiger partial charge < -0.3 is 15.0 Å². The van der Waals surface area contributed by atoms with E-state index in [0.29, 0.717) is 18.2 Å². The molecule has 0 aromatic carbocycles. The van der Waals surface area contributed by atoms with Crippen molar-refractivity contribution in [3.05, 3.63) is 11.9 Å². The molecule has 0 saturated carbocycles. The summed E-state index contributed by atoms with van der Waals surface area (Å²) in [5, 5.41) is 2.79. The van der Waals surface area contributed by atoms with E-state index in [-0.39, 0.29) is 12.4 Å². The molecule has 1 aromatic heterocycles. The second-order valence-corrected chi connectivity index (χ2v) is 3.89. The Kier molecular flexibility index (Phi) is 5.34. The molecule has 0 spiro atoms. The summed E-state index contributed by atoms with van der Waals surface area (Å²) >= 11 is 0. The average molecular weight is 278 g/mol. The molecular weight excluding hydrogens is 261 g/mol. The number of hydrogen-bond acceptors (Lipinski definition) is 5. The van der Waals surface area contributed by atoms with Crippen molar-refractivity contribution >= 4 is 11.6 Å². The van der Waals surface area contributed by atoms with Gasteiger partial charge in [-0.25, -0.2) is 9.97 Å². The van der Waals surface area contributed by atoms with Crippen molar-refractivity contribution in [1.29, 1.82) is 0 Å². The van der Waals surface area contributed by atoms with Crippen LogP contribution in [-0.2, 0) is 11.3 Å². The topological polar surface area (TPSA) is 50.3 Å². The van der Waals surface area contributed by atoms with E-state index >= 15 is 0 Å². The highest BCUT2D eigenvalue weighted by Gasteiger charge is 2.30. The monoisotopic (exact) mass is 278 g/mol. The van der Waals surface area contributed by atoms with Crippen molar-refractivity contribution < 1.29 is 17.9 Å². The number of hydrogen-bond donors (Lipinski definition) is 1. The molecule has 0 aliphatic heterocycles. The lowest BCUT2D eigenvalue weighted by atomic mass is 10.4. The fraction of sp³-hybridized carbons (Fsp3) is 0.636. The van der Waals surface area contributed by atoms with Gasteiger partial charge in [0.2, 0.25) is 0 Å². The maximum atomic E-state index is 12.4. The molecule has 0 amide bonds. The molecule has 0 aliphatic carbocycles. The van der Waals surface area contributed by atoms with E-state index in [4.69, 9.17) is 4.74 Å². The molecule has 0 saturated heterocycles. The standard InChI is InChI=1S/C11H17F3N4O/c1-4-19-6-9-16-8(15-2)5-10(17-9)18(3)7-11(12,13)14/h5H,4,6-7H2,1-3H3,(H,15,16,17). The van der Waals surface area contributed by atoms with Crippen molar-refractivity contribution in [1.82, 2.24) is 9.97 Å². The number of ether oxygens (including phenoxy) is 1. The van der Waals surface area contributed by atoms with E-state index in [9.17, 15) is 13.2 Å². The van der Waals surface area contributed by atoms with E-state index in [2.05, 4.69) is 15.3 Å². The lowest BCUT2D eigenvalue weighted by Crippen LogP contribution is -2.31. The van der Waals surface area contributed by atoms with Crippen molar-refractivity contribution in [3.8, 4) is 0 Å². The van der Waals surface area contributed by atoms with E-state index in [1.807, 2.05) is 6.92 Å². The highest BCUT2D eigenvalue weighted by Crippen LogP contribution is 2.21. The van der Waals surface area contributed by atoms with E-state index in [0.717, 1.165) is 4.90 Å². The van der Waals surface area contributed by atoms with Crippen LogP contribution >= 0.6 is 0 Å². The van der Waals surface area contributed by atoms with Crippen LogP contribution in [-0.4, -0.2) is 43.4 Å². The number of alkyl halides is 3. The summed E-state index contributed by atoms with van der Waals surface area (Å²) in [6.45, 7) is 1.40. The van der Waals surface area contributed by atoms with Crippen molar-refractivity contribution in [3.63, 3.8) is 0 Å². The average Bonchev–Trinajstić information content (AvgIpc) is 2.33. The third-order valence-corrected chi connectivity index (χ3v) is 2.26. The predicted octanol–water partition coefficient (Wildman–Crippen LogP) is 2.05. The van der Waals surface area contributed by atoms with Gasteiger partial charge in [-0.05, 0) is 6.92 Å². The Morgan fingerprint density at radius 3 is 2.58 bits per heavy atom. The summed E-state index contributed by atoms with van der Waals surface area (Å²) in [5.41, 5.74) is 0. The zero-order valence-corrected chi connectivity index (χ0v) is 11.1. The summed E-state index contributed by atoms with van der Waals surface area (Å²) in [6, 6.07) is 1.46. The van der Waals surface area contributed by atoms with Crippen LogP contribution in [0.4, 0.5) is 24.8 Å². The number of halogens is 3. The van der Waals surface area contributed by atoms with Gasteiger partial charge in [-0.15, -0.1) is 0 Å². The van der Waals surface area contributed by atoms with Crippen LogP contribution in [0.15, 0.2) is 6.07 Å². The Hall–Kier alpha value is -1.57. The minimum Gasteiger partial charge on any atom is -0.374 e. The van der Waals surface area contributed by atoms with Crippen LogP contribution in [0.5, 0.6) is 0 Å². The van der Waals surface area contributed by atoms with Crippen molar-refractivity contribution in [2.45, 2.75) is 19.7 Å². The number of rotatable bonds is 6. The number of aromatic nitrogens is 2. The third kappa shape index (κ3) is 5.29. The van der Waals surface area contributed by atoms with Gasteiger partial charge in [0.25, 0.3) is 0 Å². The first-order valence-electron chi connectivity index (χ1n) is 5.77. The number of anilines is 2. The Labute approximate surface area is 109 Å². The molecule has 5 nitrogen and oxygen atoms in total. The summed E-state index contributed by atoms with van der Waals surface area (Å²) in [6.07, 6.45) is -4.28. The molecule has 0 aliphatic rings. The number of nitrogens with one attached hydrogen (secondary N) is 1. The molecule has 1 N–H and O–H groups in total. The van der Waals surface area contributed by atoms with Crippen LogP contribution in [0.3, 0.4) is 0 Å². The normalized spacial score (nSPS) is 11.5. The van der Waals surface area contributed by atoms with E-state index in [1.165, 1.54) is 13.1 Å². The molecule has 0 fully saturated rings. The predicted molar refractivity (Wildman–Crippen MR) is 66.2 cm³/mol. The highest BCUT2D eigenvalue weighted by molar-refractivity contribution is 5.48. The smallest absolute Gasteiger partial charge is 0.374 e. The Morgan fingerprint density at radius 1 is 1.37 bits per heavy atom. The Balaban J connectivity index is 2.92. The molecule has 1 aromatic rings. The number of nitrogens with zero attached hydrogens (tertiary/aromatic N) is 3. The minimum atomic E-state index is -4.28. The van der Waals surface area contributed by atoms with Gasteiger partial charge in [0.15, 0.2) is 5.82 Å². The van der Waals surface area contributed by atoms with Gasteiger partial charge in [-0.1, -0.05) is 0 Å². The maximum absolute atomic E-state index is 12.4. The summed E-state index contributed by atoms with van der Waals surface area (Å²) in [4.78, 5) is 9.19. The Bertz CT molecular complexity index is 411. The van der Waals surface area contributed by atoms with E-state index < -0.39 is 12.7 Å². The quantitative estimate of drug-likeness (QED) is 0.863. The first-order valence-corrected chi connectivity index (χ1v) is 5.77. The lowest BCUT2D eigenvalue weighted by molar-refractivity contribution is -0.119. The second-order valence-electron chi connectivity index (χ2n) is 3.89. The van der Waals surface area contributed by atoms with Crippen molar-refractivity contribution in [2.24, 2.45) is 0 Å². The van der Waals surface area contributed by atoms with Crippen LogP contribution in [0, 0.1) is 0 Å². The minimum absolute atomic E-state index is 0.166. The molecule has 1 heterocycles. The highest BCUT2D eigenvalue weighted by atomic mass is 19.4. The lowest BCUT2D eigenvalue weighted by Gasteiger charge is -2.20. The fourth-order valence-corrected chi connectivity index (χ4v) is 1.41. The second kappa shape index (κ2) is 6.55. The zero-order valence-electron chi connectivity index (χ0n) is 11.1. The molecule has 0 bridgehead atoms. The molecule has 108 valence electrons. The van der Waals surface area contributed by atoms with Crippen LogP contribution in [0.1, 0.15) is 12.7 Å². The largest absolute Gasteiger partial charge is 0.405 e. The van der Waals surface area contributed by atoms with Crippen LogP contribution < -0.4 is 10.2 Å². The molecule has 0 atom stereocenters. The zero-order chi connectivity index (χ0) is 14.5. The summed E-state index contributed by atoms with van der Waals surface area (Å²) in [5.74, 6) is 0.998. The van der Waals surface area contributed by atoms with Crippen LogP contribution in [0.2, 0.25) is 0 Å². The summed E-state index contributed by atoms with van der Waals surface area (Å²) in [7, 11) is 2.97. The molecule has 0 radical (unpaired) electrons. The summed E-state index contributed by atoms with van der Waals surface area (Å²) < 4.78 is 42.2. The van der Waals surface area contributed by atoms with Gasteiger partial charge in [0.1, 0.15) is 24.8 Å². The van der Waals surface area contributed by atoms with Gasteiger partial charge in [0, 0.05) is 26.8 Å². The first-order chi connectivity index (χ1) is 8.85. The van der Waals surface area contributed by atoms with Gasteiger partial charge in [0.05, 0.1) is 0 Å². The molecule has 0 unspecified atom stereocenters. The van der Waals surface area contributed by atoms with E-state index in [1.54, 1.807) is 7.05 Å². The van der Waals surface area contributed by atoms with Gasteiger partial charge in [-0.2, -0.15) is 13.2 Å². The molecule has 19 heavy (non-hydrogen) atoms. The molecular formula is C11H17F3N4O. The SMILES string of the molecule is CCOCc1nc(NC)cc(N(C)CC(F)(F)F)n1. The van der Waals surface area contributed by atoms with Gasteiger partial charge >= 0.3 is 6.18 Å². The maximum Gasteiger partial charge on any atom is 0.405 e. The third-order valence-electron chi connectivity index (χ3n) is 2.26. The van der Waals surface area contributed by atoms with Crippen molar-refractivity contribution in [2.75, 3.05) is 37.5 Å².